The van der Waals surface area contributed by atoms with Gasteiger partial charge >= 0.3 is 0 Å². The van der Waals surface area contributed by atoms with Gasteiger partial charge in [0.05, 0.1) is 21.9 Å². The van der Waals surface area contributed by atoms with E-state index in [-0.39, 0.29) is 67.4 Å². The normalized spacial score (nSPS) is 11.6. The number of hydrogen-bond donors (Lipinski definition) is 2. The Morgan fingerprint density at radius 2 is 1.69 bits per heavy atom. The van der Waals surface area contributed by atoms with Gasteiger partial charge in [0, 0.05) is 35.7 Å². The number of aromatic nitrogens is 1. The van der Waals surface area contributed by atoms with Gasteiger partial charge in [0.2, 0.25) is 15.9 Å². The number of furan rings is 1. The van der Waals surface area contributed by atoms with Crippen molar-refractivity contribution in [2.24, 2.45) is 0 Å². The zero-order valence-corrected chi connectivity index (χ0v) is 24.4. The zero-order valence-electron chi connectivity index (χ0n) is 23.6. The van der Waals surface area contributed by atoms with Crippen LogP contribution in [-0.2, 0) is 10.0 Å². The van der Waals surface area contributed by atoms with Gasteiger partial charge in [-0.25, -0.2) is 22.2 Å². The highest BCUT2D eigenvalue weighted by atomic mass is 32.2. The highest BCUT2D eigenvalue weighted by Gasteiger charge is 2.27. The number of carbonyl (C=O) groups is 1. The molecule has 4 aromatic carbocycles. The molecule has 0 saturated carbocycles. The fraction of sp³-hybridized carbons (Fsp3) is 0.0968. The number of nitro groups is 1. The van der Waals surface area contributed by atoms with Crippen LogP contribution in [0, 0.1) is 21.7 Å². The Labute approximate surface area is 253 Å². The highest BCUT2D eigenvalue weighted by molar-refractivity contribution is 7.92. The van der Waals surface area contributed by atoms with Crippen LogP contribution in [0.1, 0.15) is 17.3 Å². The number of amides is 1. The van der Waals surface area contributed by atoms with Crippen LogP contribution in [0.5, 0.6) is 0 Å². The van der Waals surface area contributed by atoms with Crippen LogP contribution in [0.4, 0.5) is 20.2 Å². The van der Waals surface area contributed by atoms with Gasteiger partial charge in [-0.05, 0) is 67.1 Å². The molecule has 2 heterocycles. The Balaban J connectivity index is 1.63. The van der Waals surface area contributed by atoms with Crippen molar-refractivity contribution in [2.45, 2.75) is 6.92 Å². The van der Waals surface area contributed by atoms with Crippen LogP contribution < -0.4 is 10.0 Å². The number of para-hydroxylation sites is 1. The van der Waals surface area contributed by atoms with Gasteiger partial charge in [-0.2, -0.15) is 0 Å². The molecule has 11 nitrogen and oxygen atoms in total. The predicted molar refractivity (Wildman–Crippen MR) is 163 cm³/mol. The Morgan fingerprint density at radius 3 is 2.36 bits per heavy atom. The molecule has 0 saturated heterocycles. The maximum atomic E-state index is 14.4. The maximum absolute atomic E-state index is 14.4. The molecule has 1 amide bonds. The molecule has 0 atom stereocenters. The molecule has 228 valence electrons. The van der Waals surface area contributed by atoms with E-state index in [0.29, 0.717) is 5.56 Å². The number of halogens is 2. The minimum Gasteiger partial charge on any atom is -0.455 e. The molecule has 14 heteroatoms. The number of sulfonamides is 1. The maximum Gasteiger partial charge on any atom is 0.282 e. The van der Waals surface area contributed by atoms with E-state index in [4.69, 9.17) is 8.83 Å². The average Bonchev–Trinajstić information content (AvgIpc) is 3.63. The molecular weight excluding hydrogens is 610 g/mol. The molecule has 2 N–H and O–H groups in total. The molecular formula is C31H22F2N4O7S. The molecule has 0 unspecified atom stereocenters. The van der Waals surface area contributed by atoms with Crippen LogP contribution >= 0.6 is 0 Å². The minimum absolute atomic E-state index is 0.0515. The topological polar surface area (TPSA) is 158 Å². The average molecular weight is 633 g/mol. The highest BCUT2D eigenvalue weighted by Crippen LogP contribution is 2.42. The Kier molecular flexibility index (Phi) is 7.29. The molecule has 0 spiro atoms. The summed E-state index contributed by atoms with van der Waals surface area (Å²) in [6.07, 6.45) is 0. The summed E-state index contributed by atoms with van der Waals surface area (Å²) < 4.78 is 67.8. The largest absolute Gasteiger partial charge is 0.455 e. The van der Waals surface area contributed by atoms with E-state index in [9.17, 15) is 32.1 Å². The van der Waals surface area contributed by atoms with Crippen molar-refractivity contribution in [1.29, 1.82) is 0 Å². The number of hydrogen-bond acceptors (Lipinski definition) is 8. The Bertz CT molecular complexity index is 2260. The van der Waals surface area contributed by atoms with Gasteiger partial charge < -0.3 is 14.2 Å². The molecule has 6 aromatic rings. The van der Waals surface area contributed by atoms with E-state index in [0.717, 1.165) is 0 Å². The lowest BCUT2D eigenvalue weighted by molar-refractivity contribution is -0.384. The van der Waals surface area contributed by atoms with Gasteiger partial charge in [0.1, 0.15) is 28.2 Å². The van der Waals surface area contributed by atoms with Gasteiger partial charge in [-0.3, -0.25) is 19.6 Å². The summed E-state index contributed by atoms with van der Waals surface area (Å²) in [7, 11) is -2.43. The number of nitrogens with one attached hydrogen (secondary N) is 2. The second-order valence-electron chi connectivity index (χ2n) is 9.89. The van der Waals surface area contributed by atoms with Gasteiger partial charge in [-0.1, -0.05) is 6.07 Å². The standard InChI is InChI=1S/C31H22F2N4O7S/c1-3-45(41,42)36-23-15-26-21(27(30(38)34-2)29(43-26)16-7-10-18(32)11-8-16)14-19(23)17-9-12-24(37(39)40)20(13-17)31-35-28-22(33)5-4-6-25(28)44-31/h4-15,36H,3H2,1-2H3,(H,34,38). The summed E-state index contributed by atoms with van der Waals surface area (Å²) >= 11 is 0. The van der Waals surface area contributed by atoms with Crippen LogP contribution in [0.3, 0.4) is 0 Å². The molecule has 0 aliphatic rings. The van der Waals surface area contributed by atoms with Crippen molar-refractivity contribution >= 4 is 49.4 Å². The monoisotopic (exact) mass is 632 g/mol. The van der Waals surface area contributed by atoms with Crippen LogP contribution in [-0.4, -0.2) is 37.0 Å². The number of carbonyl (C=O) groups excluding carboxylic acids is 1. The summed E-state index contributed by atoms with van der Waals surface area (Å²) in [5, 5.41) is 14.8. The van der Waals surface area contributed by atoms with Crippen LogP contribution in [0.25, 0.3) is 56.0 Å². The van der Waals surface area contributed by atoms with Crippen molar-refractivity contribution in [1.82, 2.24) is 10.3 Å². The number of benzene rings is 4. The first-order chi connectivity index (χ1) is 21.5. The number of fused-ring (bicyclic) bond motifs is 2. The minimum atomic E-state index is -3.85. The van der Waals surface area contributed by atoms with E-state index in [1.165, 1.54) is 86.8 Å². The van der Waals surface area contributed by atoms with Crippen molar-refractivity contribution in [3.8, 4) is 33.9 Å². The number of rotatable bonds is 8. The third-order valence-corrected chi connectivity index (χ3v) is 8.43. The summed E-state index contributed by atoms with van der Waals surface area (Å²) in [5.41, 5.74) is 0.662. The molecule has 0 radical (unpaired) electrons. The fourth-order valence-corrected chi connectivity index (χ4v) is 5.57. The predicted octanol–water partition coefficient (Wildman–Crippen LogP) is 6.88. The molecule has 0 aliphatic carbocycles. The van der Waals surface area contributed by atoms with Crippen LogP contribution in [0.2, 0.25) is 0 Å². The van der Waals surface area contributed by atoms with Crippen molar-refractivity contribution < 1.29 is 35.8 Å². The van der Waals surface area contributed by atoms with E-state index >= 15 is 0 Å². The molecule has 0 fully saturated rings. The lowest BCUT2D eigenvalue weighted by Gasteiger charge is -2.13. The second kappa shape index (κ2) is 11.1. The van der Waals surface area contributed by atoms with E-state index in [1.807, 2.05) is 0 Å². The Morgan fingerprint density at radius 1 is 0.956 bits per heavy atom. The number of nitrogens with zero attached hydrogens (tertiary/aromatic N) is 2. The molecule has 0 bridgehead atoms. The first-order valence-corrected chi connectivity index (χ1v) is 15.1. The SMILES string of the molecule is CCS(=O)(=O)Nc1cc2oc(-c3ccc(F)cc3)c(C(=O)NC)c2cc1-c1ccc([N+](=O)[O-])c(-c2nc3c(F)cccc3o2)c1. The molecule has 2 aromatic heterocycles. The third-order valence-electron chi connectivity index (χ3n) is 7.14. The quantitative estimate of drug-likeness (QED) is 0.136. The van der Waals surface area contributed by atoms with E-state index in [1.54, 1.807) is 0 Å². The fourth-order valence-electron chi connectivity index (χ4n) is 4.93. The first kappa shape index (κ1) is 29.4. The second-order valence-corrected chi connectivity index (χ2v) is 11.9. The van der Waals surface area contributed by atoms with Crippen LogP contribution in [0.15, 0.2) is 81.6 Å². The Hall–Kier alpha value is -5.63. The zero-order chi connectivity index (χ0) is 32.0. The van der Waals surface area contributed by atoms with Gasteiger partial charge in [0.25, 0.3) is 11.6 Å². The summed E-state index contributed by atoms with van der Waals surface area (Å²) in [6, 6.07) is 16.2. The number of nitro benzene ring substituents is 1. The lowest BCUT2D eigenvalue weighted by Crippen LogP contribution is -2.18. The number of anilines is 1. The summed E-state index contributed by atoms with van der Waals surface area (Å²) in [6.45, 7) is 1.44. The molecule has 45 heavy (non-hydrogen) atoms. The van der Waals surface area contributed by atoms with Crippen molar-refractivity contribution in [3.05, 3.63) is 100 Å². The third kappa shape index (κ3) is 5.35. The number of oxazole rings is 1. The van der Waals surface area contributed by atoms with Crippen molar-refractivity contribution in [2.75, 3.05) is 17.5 Å². The van der Waals surface area contributed by atoms with E-state index < -0.39 is 38.2 Å². The first-order valence-electron chi connectivity index (χ1n) is 13.4. The molecule has 0 aliphatic heterocycles. The van der Waals surface area contributed by atoms with Gasteiger partial charge in [-0.15, -0.1) is 0 Å². The summed E-state index contributed by atoms with van der Waals surface area (Å²) in [5.74, 6) is -2.09. The van der Waals surface area contributed by atoms with Crippen molar-refractivity contribution in [3.63, 3.8) is 0 Å². The smallest absolute Gasteiger partial charge is 0.282 e. The van der Waals surface area contributed by atoms with Gasteiger partial charge in [0.15, 0.2) is 11.4 Å². The lowest BCUT2D eigenvalue weighted by atomic mass is 9.97. The van der Waals surface area contributed by atoms with E-state index in [2.05, 4.69) is 15.0 Å². The molecule has 6 rings (SSSR count). The summed E-state index contributed by atoms with van der Waals surface area (Å²) in [4.78, 5) is 28.6.